The highest BCUT2D eigenvalue weighted by atomic mass is 15.1. The molecule has 1 heterocycles. The van der Waals surface area contributed by atoms with E-state index in [1.807, 2.05) is 31.3 Å². The highest BCUT2D eigenvalue weighted by Gasteiger charge is 2.03. The summed E-state index contributed by atoms with van der Waals surface area (Å²) in [5.74, 6) is 0. The van der Waals surface area contributed by atoms with Crippen molar-refractivity contribution in [2.75, 3.05) is 17.7 Å². The number of nitrogens with two attached hydrogens (primary N) is 1. The molecule has 3 nitrogen and oxygen atoms in total. The molecule has 0 aliphatic carbocycles. The second-order valence-corrected chi connectivity index (χ2v) is 4.26. The van der Waals surface area contributed by atoms with Crippen molar-refractivity contribution in [3.8, 4) is 0 Å². The number of rotatable bonds is 3. The molecule has 88 valence electrons. The van der Waals surface area contributed by atoms with Gasteiger partial charge in [-0.2, -0.15) is 0 Å². The van der Waals surface area contributed by atoms with E-state index >= 15 is 0 Å². The average molecular weight is 227 g/mol. The lowest BCUT2D eigenvalue weighted by atomic mass is 10.1. The number of hydrogen-bond donors (Lipinski definition) is 1. The van der Waals surface area contributed by atoms with Crippen LogP contribution in [0.3, 0.4) is 0 Å². The van der Waals surface area contributed by atoms with E-state index in [9.17, 15) is 0 Å². The van der Waals surface area contributed by atoms with Gasteiger partial charge in [0.05, 0.1) is 0 Å². The Balaban J connectivity index is 2.14. The maximum absolute atomic E-state index is 5.91. The predicted octanol–water partition coefficient (Wildman–Crippen LogP) is 2.61. The third kappa shape index (κ3) is 2.75. The Kier molecular flexibility index (Phi) is 3.28. The van der Waals surface area contributed by atoms with Crippen molar-refractivity contribution in [3.63, 3.8) is 0 Å². The summed E-state index contributed by atoms with van der Waals surface area (Å²) in [6, 6.07) is 10.2. The van der Waals surface area contributed by atoms with Crippen LogP contribution in [0.15, 0.2) is 42.7 Å². The van der Waals surface area contributed by atoms with Crippen LogP contribution in [0.2, 0.25) is 0 Å². The Labute approximate surface area is 102 Å². The van der Waals surface area contributed by atoms with Gasteiger partial charge in [-0.25, -0.2) is 0 Å². The highest BCUT2D eigenvalue weighted by molar-refractivity contribution is 5.59. The molecule has 0 amide bonds. The molecule has 17 heavy (non-hydrogen) atoms. The number of anilines is 2. The van der Waals surface area contributed by atoms with E-state index in [2.05, 4.69) is 29.1 Å². The third-order valence-corrected chi connectivity index (χ3v) is 2.85. The van der Waals surface area contributed by atoms with Gasteiger partial charge < -0.3 is 10.6 Å². The molecule has 2 N–H and O–H groups in total. The molecule has 0 atom stereocenters. The Bertz CT molecular complexity index is 494. The number of aryl methyl sites for hydroxylation is 1. The van der Waals surface area contributed by atoms with Crippen LogP contribution < -0.4 is 10.6 Å². The van der Waals surface area contributed by atoms with Crippen LogP contribution in [0.1, 0.15) is 11.1 Å². The molecule has 1 aromatic heterocycles. The lowest BCUT2D eigenvalue weighted by Gasteiger charge is -2.20. The number of nitrogen functional groups attached to an aromatic ring is 1. The largest absolute Gasteiger partial charge is 0.398 e. The molecule has 0 spiro atoms. The predicted molar refractivity (Wildman–Crippen MR) is 71.9 cm³/mol. The number of pyridine rings is 1. The van der Waals surface area contributed by atoms with Gasteiger partial charge in [0.15, 0.2) is 0 Å². The smallest absolute Gasteiger partial charge is 0.0441 e. The van der Waals surface area contributed by atoms with Gasteiger partial charge in [-0.1, -0.05) is 12.1 Å². The molecular formula is C14H17N3. The van der Waals surface area contributed by atoms with Crippen LogP contribution in [0, 0.1) is 6.92 Å². The van der Waals surface area contributed by atoms with Gasteiger partial charge in [0.2, 0.25) is 0 Å². The monoisotopic (exact) mass is 227 g/mol. The molecule has 0 saturated heterocycles. The summed E-state index contributed by atoms with van der Waals surface area (Å²) in [5.41, 5.74) is 10.2. The van der Waals surface area contributed by atoms with Crippen molar-refractivity contribution in [2.45, 2.75) is 13.5 Å². The summed E-state index contributed by atoms with van der Waals surface area (Å²) in [6.07, 6.45) is 3.67. The molecule has 0 bridgehead atoms. The Morgan fingerprint density at radius 3 is 2.76 bits per heavy atom. The molecule has 0 saturated carbocycles. The number of nitrogens with zero attached hydrogens (tertiary/aromatic N) is 2. The molecule has 3 heteroatoms. The molecule has 0 aliphatic rings. The van der Waals surface area contributed by atoms with Gasteiger partial charge in [0.1, 0.15) is 0 Å². The molecule has 0 fully saturated rings. The minimum Gasteiger partial charge on any atom is -0.398 e. The first kappa shape index (κ1) is 11.5. The van der Waals surface area contributed by atoms with Crippen LogP contribution in [-0.2, 0) is 6.54 Å². The first-order chi connectivity index (χ1) is 8.16. The molecule has 0 aliphatic heterocycles. The third-order valence-electron chi connectivity index (χ3n) is 2.85. The van der Waals surface area contributed by atoms with Crippen LogP contribution in [0.25, 0.3) is 0 Å². The quantitative estimate of drug-likeness (QED) is 0.819. The van der Waals surface area contributed by atoms with E-state index in [1.54, 1.807) is 6.20 Å². The zero-order valence-electron chi connectivity index (χ0n) is 10.2. The van der Waals surface area contributed by atoms with Crippen molar-refractivity contribution in [2.24, 2.45) is 0 Å². The summed E-state index contributed by atoms with van der Waals surface area (Å²) in [4.78, 5) is 6.27. The fourth-order valence-electron chi connectivity index (χ4n) is 1.72. The van der Waals surface area contributed by atoms with E-state index in [0.717, 1.165) is 23.5 Å². The summed E-state index contributed by atoms with van der Waals surface area (Å²) in [7, 11) is 2.05. The first-order valence-electron chi connectivity index (χ1n) is 5.63. The Morgan fingerprint density at radius 2 is 2.12 bits per heavy atom. The molecule has 0 unspecified atom stereocenters. The summed E-state index contributed by atoms with van der Waals surface area (Å²) in [5, 5.41) is 0. The number of benzene rings is 1. The number of aromatic nitrogens is 1. The van der Waals surface area contributed by atoms with E-state index in [-0.39, 0.29) is 0 Å². The van der Waals surface area contributed by atoms with Gasteiger partial charge in [0, 0.05) is 37.4 Å². The average Bonchev–Trinajstić information content (AvgIpc) is 2.34. The van der Waals surface area contributed by atoms with E-state index in [4.69, 9.17) is 5.73 Å². The Morgan fingerprint density at radius 1 is 1.29 bits per heavy atom. The van der Waals surface area contributed by atoms with E-state index in [0.29, 0.717) is 0 Å². The fourth-order valence-corrected chi connectivity index (χ4v) is 1.72. The minimum atomic E-state index is 0.830. The van der Waals surface area contributed by atoms with E-state index in [1.165, 1.54) is 5.56 Å². The van der Waals surface area contributed by atoms with Gasteiger partial charge in [-0.05, 0) is 36.2 Å². The van der Waals surface area contributed by atoms with Gasteiger partial charge >= 0.3 is 0 Å². The molecule has 2 rings (SSSR count). The van der Waals surface area contributed by atoms with E-state index < -0.39 is 0 Å². The molecule has 2 aromatic rings. The zero-order valence-corrected chi connectivity index (χ0v) is 10.2. The van der Waals surface area contributed by atoms with Crippen molar-refractivity contribution in [1.29, 1.82) is 0 Å². The number of hydrogen-bond acceptors (Lipinski definition) is 3. The lowest BCUT2D eigenvalue weighted by molar-refractivity contribution is 0.915. The van der Waals surface area contributed by atoms with Crippen LogP contribution in [0.4, 0.5) is 11.4 Å². The Hall–Kier alpha value is -2.03. The maximum atomic E-state index is 5.91. The summed E-state index contributed by atoms with van der Waals surface area (Å²) >= 11 is 0. The van der Waals surface area contributed by atoms with Crippen molar-refractivity contribution < 1.29 is 0 Å². The molecule has 0 radical (unpaired) electrons. The fraction of sp³-hybridized carbons (Fsp3) is 0.214. The topological polar surface area (TPSA) is 42.2 Å². The zero-order chi connectivity index (χ0) is 12.3. The van der Waals surface area contributed by atoms with Crippen molar-refractivity contribution in [3.05, 3.63) is 53.9 Å². The first-order valence-corrected chi connectivity index (χ1v) is 5.63. The van der Waals surface area contributed by atoms with Crippen molar-refractivity contribution >= 4 is 11.4 Å². The molecular weight excluding hydrogens is 210 g/mol. The standard InChI is InChI=1S/C14H17N3/c1-11-5-6-13(8-14(11)15)17(2)10-12-4-3-7-16-9-12/h3-9H,10,15H2,1-2H3. The van der Waals surface area contributed by atoms with Gasteiger partial charge in [0.25, 0.3) is 0 Å². The minimum absolute atomic E-state index is 0.830. The normalized spacial score (nSPS) is 10.2. The highest BCUT2D eigenvalue weighted by Crippen LogP contribution is 2.21. The second-order valence-electron chi connectivity index (χ2n) is 4.26. The maximum Gasteiger partial charge on any atom is 0.0441 e. The van der Waals surface area contributed by atoms with Crippen LogP contribution in [0.5, 0.6) is 0 Å². The van der Waals surface area contributed by atoms with Gasteiger partial charge in [-0.15, -0.1) is 0 Å². The second kappa shape index (κ2) is 4.87. The molecule has 1 aromatic carbocycles. The lowest BCUT2D eigenvalue weighted by Crippen LogP contribution is -2.16. The summed E-state index contributed by atoms with van der Waals surface area (Å²) < 4.78 is 0. The van der Waals surface area contributed by atoms with Crippen molar-refractivity contribution in [1.82, 2.24) is 4.98 Å². The summed E-state index contributed by atoms with van der Waals surface area (Å²) in [6.45, 7) is 2.84. The SMILES string of the molecule is Cc1ccc(N(C)Cc2cccnc2)cc1N. The van der Waals surface area contributed by atoms with Gasteiger partial charge in [-0.3, -0.25) is 4.98 Å². The van der Waals surface area contributed by atoms with Crippen LogP contribution in [-0.4, -0.2) is 12.0 Å². The van der Waals surface area contributed by atoms with Crippen LogP contribution >= 0.6 is 0 Å².